The van der Waals surface area contributed by atoms with E-state index in [9.17, 15) is 0 Å². The minimum Gasteiger partial charge on any atom is -0.338 e. The molecular weight excluding hydrogens is 190 g/mol. The maximum absolute atomic E-state index is 5.19. The zero-order valence-electron chi connectivity index (χ0n) is 9.87. The van der Waals surface area contributed by atoms with Gasteiger partial charge in [0, 0.05) is 11.5 Å². The Morgan fingerprint density at radius 2 is 2.13 bits per heavy atom. The largest absolute Gasteiger partial charge is 0.338 e. The average molecular weight is 209 g/mol. The minimum atomic E-state index is 0.0848. The van der Waals surface area contributed by atoms with Crippen LogP contribution in [0.1, 0.15) is 51.7 Å². The molecule has 0 aliphatic heterocycles. The molecule has 2 unspecified atom stereocenters. The summed E-state index contributed by atoms with van der Waals surface area (Å²) in [7, 11) is 0. The summed E-state index contributed by atoms with van der Waals surface area (Å²) in [4.78, 5) is 4.39. The second-order valence-corrected chi connectivity index (χ2v) is 5.47. The van der Waals surface area contributed by atoms with Gasteiger partial charge in [0.25, 0.3) is 0 Å². The molecule has 1 fully saturated rings. The van der Waals surface area contributed by atoms with E-state index in [-0.39, 0.29) is 5.54 Å². The molecule has 1 aromatic rings. The zero-order chi connectivity index (χ0) is 11.1. The SMILES string of the molecule is CC1CC1c1noc(CNC(C)(C)C)n1. The van der Waals surface area contributed by atoms with Gasteiger partial charge in [0.1, 0.15) is 0 Å². The zero-order valence-corrected chi connectivity index (χ0v) is 9.87. The molecule has 1 aromatic heterocycles. The summed E-state index contributed by atoms with van der Waals surface area (Å²) in [5.41, 5.74) is 0.0848. The van der Waals surface area contributed by atoms with Crippen molar-refractivity contribution < 1.29 is 4.52 Å². The summed E-state index contributed by atoms with van der Waals surface area (Å²) in [5.74, 6) is 2.84. The van der Waals surface area contributed by atoms with Gasteiger partial charge in [0.2, 0.25) is 5.89 Å². The van der Waals surface area contributed by atoms with E-state index in [1.165, 1.54) is 6.42 Å². The van der Waals surface area contributed by atoms with E-state index in [2.05, 4.69) is 43.2 Å². The van der Waals surface area contributed by atoms with Gasteiger partial charge in [-0.15, -0.1) is 0 Å². The van der Waals surface area contributed by atoms with Gasteiger partial charge in [0.15, 0.2) is 5.82 Å². The second-order valence-electron chi connectivity index (χ2n) is 5.47. The molecule has 2 rings (SSSR count). The summed E-state index contributed by atoms with van der Waals surface area (Å²) >= 11 is 0. The maximum atomic E-state index is 5.19. The lowest BCUT2D eigenvalue weighted by Gasteiger charge is -2.18. The Morgan fingerprint density at radius 3 is 2.67 bits per heavy atom. The third-order valence-corrected chi connectivity index (χ3v) is 2.69. The van der Waals surface area contributed by atoms with E-state index in [0.717, 1.165) is 11.7 Å². The lowest BCUT2D eigenvalue weighted by Crippen LogP contribution is -2.35. The van der Waals surface area contributed by atoms with Gasteiger partial charge < -0.3 is 9.84 Å². The normalized spacial score (nSPS) is 25.6. The first-order valence-electron chi connectivity index (χ1n) is 5.53. The van der Waals surface area contributed by atoms with Crippen molar-refractivity contribution in [1.29, 1.82) is 0 Å². The predicted molar refractivity (Wildman–Crippen MR) is 57.4 cm³/mol. The van der Waals surface area contributed by atoms with Crippen LogP contribution >= 0.6 is 0 Å². The predicted octanol–water partition coefficient (Wildman–Crippen LogP) is 2.08. The van der Waals surface area contributed by atoms with Crippen molar-refractivity contribution in [3.63, 3.8) is 0 Å². The summed E-state index contributed by atoms with van der Waals surface area (Å²) in [5, 5.41) is 7.33. The van der Waals surface area contributed by atoms with Crippen molar-refractivity contribution in [2.75, 3.05) is 0 Å². The number of aromatic nitrogens is 2. The molecule has 84 valence electrons. The molecule has 15 heavy (non-hydrogen) atoms. The average Bonchev–Trinajstić information content (AvgIpc) is 2.68. The van der Waals surface area contributed by atoms with Crippen LogP contribution in [0.25, 0.3) is 0 Å². The van der Waals surface area contributed by atoms with Crippen molar-refractivity contribution in [1.82, 2.24) is 15.5 Å². The first kappa shape index (κ1) is 10.6. The third kappa shape index (κ3) is 2.78. The molecule has 2 atom stereocenters. The molecule has 0 spiro atoms. The van der Waals surface area contributed by atoms with Crippen LogP contribution in [0.2, 0.25) is 0 Å². The second kappa shape index (κ2) is 3.59. The molecule has 1 aliphatic rings. The van der Waals surface area contributed by atoms with E-state index in [4.69, 9.17) is 4.52 Å². The molecule has 0 bridgehead atoms. The highest BCUT2D eigenvalue weighted by Gasteiger charge is 2.38. The van der Waals surface area contributed by atoms with E-state index >= 15 is 0 Å². The monoisotopic (exact) mass is 209 g/mol. The van der Waals surface area contributed by atoms with Crippen molar-refractivity contribution >= 4 is 0 Å². The molecular formula is C11H19N3O. The highest BCUT2D eigenvalue weighted by Crippen LogP contribution is 2.45. The summed E-state index contributed by atoms with van der Waals surface area (Å²) < 4.78 is 5.19. The highest BCUT2D eigenvalue weighted by molar-refractivity contribution is 5.07. The van der Waals surface area contributed by atoms with Gasteiger partial charge >= 0.3 is 0 Å². The number of nitrogens with one attached hydrogen (secondary N) is 1. The van der Waals surface area contributed by atoms with Gasteiger partial charge in [-0.3, -0.25) is 0 Å². The summed E-state index contributed by atoms with van der Waals surface area (Å²) in [6, 6.07) is 0. The van der Waals surface area contributed by atoms with E-state index < -0.39 is 0 Å². The Hall–Kier alpha value is -0.900. The maximum Gasteiger partial charge on any atom is 0.240 e. The molecule has 1 heterocycles. The van der Waals surface area contributed by atoms with Gasteiger partial charge in [-0.1, -0.05) is 12.1 Å². The van der Waals surface area contributed by atoms with Crippen molar-refractivity contribution in [2.45, 2.75) is 52.1 Å². The van der Waals surface area contributed by atoms with Crippen molar-refractivity contribution in [3.8, 4) is 0 Å². The van der Waals surface area contributed by atoms with E-state index in [1.54, 1.807) is 0 Å². The quantitative estimate of drug-likeness (QED) is 0.828. The fourth-order valence-corrected chi connectivity index (χ4v) is 1.51. The molecule has 1 N–H and O–H groups in total. The van der Waals surface area contributed by atoms with E-state index in [1.807, 2.05) is 0 Å². The number of hydrogen-bond donors (Lipinski definition) is 1. The van der Waals surface area contributed by atoms with Gasteiger partial charge in [-0.2, -0.15) is 4.98 Å². The Balaban J connectivity index is 1.90. The molecule has 1 saturated carbocycles. The Morgan fingerprint density at radius 1 is 1.47 bits per heavy atom. The van der Waals surface area contributed by atoms with Crippen molar-refractivity contribution in [2.24, 2.45) is 5.92 Å². The fraction of sp³-hybridized carbons (Fsp3) is 0.818. The third-order valence-electron chi connectivity index (χ3n) is 2.69. The standard InChI is InChI=1S/C11H19N3O/c1-7-5-8(7)10-13-9(15-14-10)6-12-11(2,3)4/h7-8,12H,5-6H2,1-4H3. The minimum absolute atomic E-state index is 0.0848. The molecule has 4 nitrogen and oxygen atoms in total. The van der Waals surface area contributed by atoms with Crippen LogP contribution in [-0.2, 0) is 6.54 Å². The highest BCUT2D eigenvalue weighted by atomic mass is 16.5. The molecule has 0 aromatic carbocycles. The number of nitrogens with zero attached hydrogens (tertiary/aromatic N) is 2. The molecule has 0 saturated heterocycles. The molecule has 0 amide bonds. The summed E-state index contributed by atoms with van der Waals surface area (Å²) in [6.07, 6.45) is 1.20. The van der Waals surface area contributed by atoms with Crippen LogP contribution in [0.4, 0.5) is 0 Å². The van der Waals surface area contributed by atoms with Crippen LogP contribution in [0, 0.1) is 5.92 Å². The van der Waals surface area contributed by atoms with Crippen molar-refractivity contribution in [3.05, 3.63) is 11.7 Å². The van der Waals surface area contributed by atoms with Gasteiger partial charge in [-0.25, -0.2) is 0 Å². The lowest BCUT2D eigenvalue weighted by atomic mass is 10.1. The Labute approximate surface area is 90.4 Å². The molecule has 1 aliphatic carbocycles. The number of hydrogen-bond acceptors (Lipinski definition) is 4. The number of rotatable bonds is 3. The first-order chi connectivity index (χ1) is 6.96. The molecule has 0 radical (unpaired) electrons. The van der Waals surface area contributed by atoms with Gasteiger partial charge in [-0.05, 0) is 33.1 Å². The van der Waals surface area contributed by atoms with Crippen LogP contribution < -0.4 is 5.32 Å². The fourth-order valence-electron chi connectivity index (χ4n) is 1.51. The lowest BCUT2D eigenvalue weighted by molar-refractivity contribution is 0.333. The van der Waals surface area contributed by atoms with E-state index in [0.29, 0.717) is 18.4 Å². The first-order valence-corrected chi connectivity index (χ1v) is 5.53. The van der Waals surface area contributed by atoms with Crippen LogP contribution in [-0.4, -0.2) is 15.7 Å². The Bertz CT molecular complexity index is 340. The Kier molecular flexibility index (Phi) is 2.54. The van der Waals surface area contributed by atoms with Crippen LogP contribution in [0.15, 0.2) is 4.52 Å². The smallest absolute Gasteiger partial charge is 0.240 e. The molecule has 4 heteroatoms. The van der Waals surface area contributed by atoms with Crippen LogP contribution in [0.5, 0.6) is 0 Å². The summed E-state index contributed by atoms with van der Waals surface area (Å²) in [6.45, 7) is 9.22. The van der Waals surface area contributed by atoms with Crippen LogP contribution in [0.3, 0.4) is 0 Å². The topological polar surface area (TPSA) is 51.0 Å². The van der Waals surface area contributed by atoms with Gasteiger partial charge in [0.05, 0.1) is 6.54 Å².